The van der Waals surface area contributed by atoms with E-state index in [2.05, 4.69) is 10.6 Å². The molecule has 0 aromatic heterocycles. The minimum atomic E-state index is -0.364. The molecule has 0 atom stereocenters. The highest BCUT2D eigenvalue weighted by Crippen LogP contribution is 2.11. The number of ether oxygens (including phenoxy) is 1. The molecule has 0 spiro atoms. The molecule has 2 N–H and O–H groups in total. The highest BCUT2D eigenvalue weighted by Gasteiger charge is 2.09. The smallest absolute Gasteiger partial charge is 0.338 e. The van der Waals surface area contributed by atoms with Gasteiger partial charge in [-0.1, -0.05) is 13.3 Å². The Bertz CT molecular complexity index is 527. The predicted molar refractivity (Wildman–Crippen MR) is 90.9 cm³/mol. The number of unbranched alkanes of at least 4 members (excludes halogenated alkanes) is 1. The molecular weight excluding hydrogens is 300 g/mol. The molecule has 1 aromatic carbocycles. The van der Waals surface area contributed by atoms with Gasteiger partial charge in [0.1, 0.15) is 0 Å². The fraction of sp³-hybridized carbons (Fsp3) is 0.438. The fourth-order valence-electron chi connectivity index (χ4n) is 1.66. The van der Waals surface area contributed by atoms with Crippen LogP contribution in [0.2, 0.25) is 0 Å². The van der Waals surface area contributed by atoms with Crippen LogP contribution in [0.15, 0.2) is 24.3 Å². The Kier molecular flexibility index (Phi) is 7.52. The number of thiocarbonyl (C=S) groups is 1. The molecule has 0 unspecified atom stereocenters. The first-order valence-corrected chi connectivity index (χ1v) is 7.75. The normalized spacial score (nSPS) is 10.2. The molecule has 0 radical (unpaired) electrons. The zero-order chi connectivity index (χ0) is 16.5. The fourth-order valence-corrected chi connectivity index (χ4v) is 1.89. The summed E-state index contributed by atoms with van der Waals surface area (Å²) >= 11 is 5.07. The van der Waals surface area contributed by atoms with Crippen molar-refractivity contribution in [1.29, 1.82) is 0 Å². The van der Waals surface area contributed by atoms with E-state index in [0.717, 1.165) is 12.8 Å². The monoisotopic (exact) mass is 322 g/mol. The second kappa shape index (κ2) is 9.15. The van der Waals surface area contributed by atoms with E-state index in [4.69, 9.17) is 17.0 Å². The number of carbonyl (C=O) groups excluding carboxylic acids is 2. The summed E-state index contributed by atoms with van der Waals surface area (Å²) in [7, 11) is 0. The SMILES string of the molecule is CCCCC(=O)NC(=S)Nc1ccc(C(=O)OC(C)C)cc1. The van der Waals surface area contributed by atoms with Gasteiger partial charge in [0.25, 0.3) is 0 Å². The Morgan fingerprint density at radius 1 is 1.23 bits per heavy atom. The van der Waals surface area contributed by atoms with Gasteiger partial charge in [0.2, 0.25) is 5.91 Å². The number of amides is 1. The predicted octanol–water partition coefficient (Wildman–Crippen LogP) is 3.26. The van der Waals surface area contributed by atoms with Crippen molar-refractivity contribution in [3.63, 3.8) is 0 Å². The number of esters is 1. The van der Waals surface area contributed by atoms with Gasteiger partial charge in [-0.3, -0.25) is 4.79 Å². The lowest BCUT2D eigenvalue weighted by atomic mass is 10.2. The van der Waals surface area contributed by atoms with E-state index in [9.17, 15) is 9.59 Å². The molecule has 1 rings (SSSR count). The number of carbonyl (C=O) groups is 2. The maximum absolute atomic E-state index is 11.7. The lowest BCUT2D eigenvalue weighted by molar-refractivity contribution is -0.119. The molecule has 6 heteroatoms. The number of hydrogen-bond acceptors (Lipinski definition) is 4. The van der Waals surface area contributed by atoms with E-state index in [1.54, 1.807) is 38.1 Å². The first-order valence-electron chi connectivity index (χ1n) is 7.34. The van der Waals surface area contributed by atoms with Crippen molar-refractivity contribution in [2.45, 2.75) is 46.1 Å². The van der Waals surface area contributed by atoms with E-state index in [0.29, 0.717) is 17.7 Å². The van der Waals surface area contributed by atoms with Gasteiger partial charge in [-0.2, -0.15) is 0 Å². The summed E-state index contributed by atoms with van der Waals surface area (Å²) in [5, 5.41) is 5.77. The minimum absolute atomic E-state index is 0.100. The van der Waals surface area contributed by atoms with Crippen LogP contribution in [0, 0.1) is 0 Å². The summed E-state index contributed by atoms with van der Waals surface area (Å²) in [4.78, 5) is 23.3. The molecule has 120 valence electrons. The average Bonchev–Trinajstić information content (AvgIpc) is 2.45. The summed E-state index contributed by atoms with van der Waals surface area (Å²) in [5.41, 5.74) is 1.17. The number of nitrogens with one attached hydrogen (secondary N) is 2. The quantitative estimate of drug-likeness (QED) is 0.621. The zero-order valence-electron chi connectivity index (χ0n) is 13.1. The maximum atomic E-state index is 11.7. The van der Waals surface area contributed by atoms with Gasteiger partial charge in [0.05, 0.1) is 11.7 Å². The molecule has 0 aliphatic carbocycles. The van der Waals surface area contributed by atoms with Crippen molar-refractivity contribution in [2.24, 2.45) is 0 Å². The van der Waals surface area contributed by atoms with Gasteiger partial charge in [0.15, 0.2) is 5.11 Å². The number of rotatable bonds is 6. The maximum Gasteiger partial charge on any atom is 0.338 e. The minimum Gasteiger partial charge on any atom is -0.459 e. The summed E-state index contributed by atoms with van der Waals surface area (Å²) < 4.78 is 5.11. The van der Waals surface area contributed by atoms with Crippen LogP contribution in [0.4, 0.5) is 5.69 Å². The molecule has 0 saturated heterocycles. The molecule has 0 heterocycles. The van der Waals surface area contributed by atoms with Crippen LogP contribution in [0.5, 0.6) is 0 Å². The van der Waals surface area contributed by atoms with Gasteiger partial charge in [-0.25, -0.2) is 4.79 Å². The van der Waals surface area contributed by atoms with Crippen molar-refractivity contribution in [3.05, 3.63) is 29.8 Å². The Hall–Kier alpha value is -1.95. The topological polar surface area (TPSA) is 67.4 Å². The van der Waals surface area contributed by atoms with E-state index in [1.807, 2.05) is 6.92 Å². The van der Waals surface area contributed by atoms with Crippen molar-refractivity contribution in [2.75, 3.05) is 5.32 Å². The first kappa shape index (κ1) is 18.1. The molecule has 0 aliphatic rings. The molecule has 1 aromatic rings. The first-order chi connectivity index (χ1) is 10.4. The van der Waals surface area contributed by atoms with Crippen LogP contribution in [0.1, 0.15) is 50.4 Å². The Morgan fingerprint density at radius 2 is 1.86 bits per heavy atom. The second-order valence-corrected chi connectivity index (χ2v) is 5.55. The third kappa shape index (κ3) is 6.67. The zero-order valence-corrected chi connectivity index (χ0v) is 14.0. The summed E-state index contributed by atoms with van der Waals surface area (Å²) in [6, 6.07) is 6.71. The summed E-state index contributed by atoms with van der Waals surface area (Å²) in [5.74, 6) is -0.464. The average molecular weight is 322 g/mol. The number of hydrogen-bond donors (Lipinski definition) is 2. The summed E-state index contributed by atoms with van der Waals surface area (Å²) in [6.45, 7) is 5.62. The lowest BCUT2D eigenvalue weighted by Gasteiger charge is -2.11. The standard InChI is InChI=1S/C16H22N2O3S/c1-4-5-6-14(19)18-16(22)17-13-9-7-12(8-10-13)15(20)21-11(2)3/h7-11H,4-6H2,1-3H3,(H2,17,18,19,22). The number of benzene rings is 1. The Morgan fingerprint density at radius 3 is 2.41 bits per heavy atom. The van der Waals surface area contributed by atoms with Crippen LogP contribution >= 0.6 is 12.2 Å². The summed E-state index contributed by atoms with van der Waals surface area (Å²) in [6.07, 6.45) is 2.09. The van der Waals surface area contributed by atoms with Crippen molar-refractivity contribution < 1.29 is 14.3 Å². The van der Waals surface area contributed by atoms with E-state index in [-0.39, 0.29) is 23.1 Å². The van der Waals surface area contributed by atoms with Gasteiger partial charge >= 0.3 is 5.97 Å². The van der Waals surface area contributed by atoms with Crippen molar-refractivity contribution in [1.82, 2.24) is 5.32 Å². The number of anilines is 1. The molecule has 22 heavy (non-hydrogen) atoms. The highest BCUT2D eigenvalue weighted by molar-refractivity contribution is 7.80. The Balaban J connectivity index is 2.51. The molecule has 0 fully saturated rings. The van der Waals surface area contributed by atoms with Gasteiger partial charge in [0, 0.05) is 12.1 Å². The van der Waals surface area contributed by atoms with E-state index in [1.165, 1.54) is 0 Å². The lowest BCUT2D eigenvalue weighted by Crippen LogP contribution is -2.33. The van der Waals surface area contributed by atoms with Crippen LogP contribution < -0.4 is 10.6 Å². The van der Waals surface area contributed by atoms with E-state index < -0.39 is 0 Å². The largest absolute Gasteiger partial charge is 0.459 e. The third-order valence-corrected chi connectivity index (χ3v) is 2.94. The molecule has 0 aliphatic heterocycles. The van der Waals surface area contributed by atoms with Gasteiger partial charge in [-0.05, 0) is 56.8 Å². The third-order valence-electron chi connectivity index (χ3n) is 2.73. The van der Waals surface area contributed by atoms with E-state index >= 15 is 0 Å². The molecule has 0 saturated carbocycles. The Labute approximate surface area is 136 Å². The second-order valence-electron chi connectivity index (χ2n) is 5.14. The van der Waals surface area contributed by atoms with Crippen molar-refractivity contribution in [3.8, 4) is 0 Å². The van der Waals surface area contributed by atoms with Gasteiger partial charge in [-0.15, -0.1) is 0 Å². The molecule has 0 bridgehead atoms. The molecule has 1 amide bonds. The highest BCUT2D eigenvalue weighted by atomic mass is 32.1. The van der Waals surface area contributed by atoms with Crippen LogP contribution in [0.3, 0.4) is 0 Å². The molecular formula is C16H22N2O3S. The van der Waals surface area contributed by atoms with Crippen LogP contribution in [-0.4, -0.2) is 23.1 Å². The van der Waals surface area contributed by atoms with Crippen LogP contribution in [0.25, 0.3) is 0 Å². The van der Waals surface area contributed by atoms with Crippen molar-refractivity contribution >= 4 is 34.9 Å². The van der Waals surface area contributed by atoms with Gasteiger partial charge < -0.3 is 15.4 Å². The molecule has 5 nitrogen and oxygen atoms in total. The van der Waals surface area contributed by atoms with Crippen LogP contribution in [-0.2, 0) is 9.53 Å².